The van der Waals surface area contributed by atoms with Gasteiger partial charge in [0.05, 0.1) is 20.3 Å². The smallest absolute Gasteiger partial charge is 0.254 e. The summed E-state index contributed by atoms with van der Waals surface area (Å²) in [5, 5.41) is 11.2. The zero-order valence-electron chi connectivity index (χ0n) is 15.4. The molecular formula is C21H25NO4. The van der Waals surface area contributed by atoms with Gasteiger partial charge in [-0.05, 0) is 61.7 Å². The molecule has 2 aromatic carbocycles. The summed E-state index contributed by atoms with van der Waals surface area (Å²) >= 11 is 0. The van der Waals surface area contributed by atoms with E-state index >= 15 is 0 Å². The minimum Gasteiger partial charge on any atom is -0.497 e. The van der Waals surface area contributed by atoms with Gasteiger partial charge in [0.15, 0.2) is 0 Å². The summed E-state index contributed by atoms with van der Waals surface area (Å²) < 4.78 is 10.3. The summed E-state index contributed by atoms with van der Waals surface area (Å²) in [5.74, 6) is 1.39. The van der Waals surface area contributed by atoms with E-state index in [1.165, 1.54) is 0 Å². The highest BCUT2D eigenvalue weighted by Crippen LogP contribution is 2.36. The lowest BCUT2D eigenvalue weighted by atomic mass is 9.86. The van der Waals surface area contributed by atoms with Crippen molar-refractivity contribution in [3.63, 3.8) is 0 Å². The van der Waals surface area contributed by atoms with E-state index in [4.69, 9.17) is 9.47 Å². The van der Waals surface area contributed by atoms with Crippen molar-refractivity contribution in [3.8, 4) is 11.5 Å². The predicted molar refractivity (Wildman–Crippen MR) is 99.6 cm³/mol. The third-order valence-corrected chi connectivity index (χ3v) is 5.17. The first-order valence-electron chi connectivity index (χ1n) is 8.79. The molecule has 1 fully saturated rings. The van der Waals surface area contributed by atoms with Gasteiger partial charge in [-0.1, -0.05) is 12.1 Å². The Morgan fingerprint density at radius 3 is 2.12 bits per heavy atom. The average molecular weight is 355 g/mol. The second-order valence-corrected chi connectivity index (χ2v) is 6.76. The van der Waals surface area contributed by atoms with E-state index in [1.54, 1.807) is 50.3 Å². The second-order valence-electron chi connectivity index (χ2n) is 6.76. The van der Waals surface area contributed by atoms with Crippen LogP contribution in [0.15, 0.2) is 48.5 Å². The third kappa shape index (κ3) is 3.40. The molecule has 1 aliphatic rings. The van der Waals surface area contributed by atoms with Gasteiger partial charge in [0.1, 0.15) is 17.1 Å². The fourth-order valence-electron chi connectivity index (χ4n) is 3.61. The van der Waals surface area contributed by atoms with Crippen molar-refractivity contribution < 1.29 is 19.4 Å². The van der Waals surface area contributed by atoms with Crippen molar-refractivity contribution >= 4 is 5.91 Å². The van der Waals surface area contributed by atoms with Gasteiger partial charge in [-0.15, -0.1) is 0 Å². The van der Waals surface area contributed by atoms with Crippen LogP contribution in [-0.4, -0.2) is 42.7 Å². The first-order valence-corrected chi connectivity index (χ1v) is 8.79. The number of likely N-dealkylation sites (tertiary alicyclic amines) is 1. The molecule has 0 saturated carbocycles. The Labute approximate surface area is 154 Å². The standard InChI is InChI=1S/C21H25NO4/c1-21(24,16-8-12-18(26-3)13-9-16)19-5-4-14-22(19)20(23)15-6-10-17(25-2)11-7-15/h6-13,19,24H,4-5,14H2,1-3H3/t19-,21+/m1/s1. The molecule has 2 aromatic rings. The van der Waals surface area contributed by atoms with Crippen LogP contribution in [0.5, 0.6) is 11.5 Å². The molecule has 5 nitrogen and oxygen atoms in total. The van der Waals surface area contributed by atoms with E-state index < -0.39 is 5.60 Å². The molecule has 0 bridgehead atoms. The number of aliphatic hydroxyl groups is 1. The topological polar surface area (TPSA) is 59.0 Å². The highest BCUT2D eigenvalue weighted by atomic mass is 16.5. The molecule has 1 saturated heterocycles. The van der Waals surface area contributed by atoms with E-state index in [0.29, 0.717) is 17.9 Å². The minimum absolute atomic E-state index is 0.0658. The summed E-state index contributed by atoms with van der Waals surface area (Å²) in [6, 6.07) is 14.2. The van der Waals surface area contributed by atoms with Crippen molar-refractivity contribution in [1.29, 1.82) is 0 Å². The fraction of sp³-hybridized carbons (Fsp3) is 0.381. The molecule has 0 unspecified atom stereocenters. The highest BCUT2D eigenvalue weighted by Gasteiger charge is 2.42. The molecule has 1 aliphatic heterocycles. The number of benzene rings is 2. The third-order valence-electron chi connectivity index (χ3n) is 5.17. The van der Waals surface area contributed by atoms with Gasteiger partial charge in [-0.2, -0.15) is 0 Å². The van der Waals surface area contributed by atoms with E-state index in [-0.39, 0.29) is 11.9 Å². The zero-order valence-corrected chi connectivity index (χ0v) is 15.4. The molecule has 0 aromatic heterocycles. The van der Waals surface area contributed by atoms with Gasteiger partial charge in [-0.25, -0.2) is 0 Å². The van der Waals surface area contributed by atoms with Gasteiger partial charge >= 0.3 is 0 Å². The molecule has 3 rings (SSSR count). The Morgan fingerprint density at radius 2 is 1.58 bits per heavy atom. The summed E-state index contributed by atoms with van der Waals surface area (Å²) in [6.45, 7) is 2.42. The van der Waals surface area contributed by atoms with Crippen molar-refractivity contribution in [2.45, 2.75) is 31.4 Å². The lowest BCUT2D eigenvalue weighted by Crippen LogP contribution is -2.48. The van der Waals surface area contributed by atoms with Crippen LogP contribution >= 0.6 is 0 Å². The monoisotopic (exact) mass is 355 g/mol. The average Bonchev–Trinajstić information content (AvgIpc) is 3.18. The Kier molecular flexibility index (Phi) is 5.18. The summed E-state index contributed by atoms with van der Waals surface area (Å²) in [7, 11) is 3.21. The van der Waals surface area contributed by atoms with Crippen molar-refractivity contribution in [2.75, 3.05) is 20.8 Å². The lowest BCUT2D eigenvalue weighted by Gasteiger charge is -2.37. The quantitative estimate of drug-likeness (QED) is 0.895. The molecule has 0 radical (unpaired) electrons. The van der Waals surface area contributed by atoms with Crippen LogP contribution in [0.2, 0.25) is 0 Å². The number of rotatable bonds is 5. The Morgan fingerprint density at radius 1 is 1.04 bits per heavy atom. The maximum absolute atomic E-state index is 13.0. The number of methoxy groups -OCH3 is 2. The molecule has 0 aliphatic carbocycles. The number of amides is 1. The molecule has 1 heterocycles. The Hall–Kier alpha value is -2.53. The van der Waals surface area contributed by atoms with Crippen LogP contribution in [-0.2, 0) is 5.60 Å². The van der Waals surface area contributed by atoms with Crippen molar-refractivity contribution in [3.05, 3.63) is 59.7 Å². The number of hydrogen-bond donors (Lipinski definition) is 1. The van der Waals surface area contributed by atoms with Crippen LogP contribution in [0, 0.1) is 0 Å². The molecular weight excluding hydrogens is 330 g/mol. The highest BCUT2D eigenvalue weighted by molar-refractivity contribution is 5.94. The first kappa shape index (κ1) is 18.3. The first-order chi connectivity index (χ1) is 12.5. The van der Waals surface area contributed by atoms with E-state index in [0.717, 1.165) is 24.2 Å². The number of ether oxygens (including phenoxy) is 2. The molecule has 0 spiro atoms. The summed E-state index contributed by atoms with van der Waals surface area (Å²) in [4.78, 5) is 14.8. The summed E-state index contributed by atoms with van der Waals surface area (Å²) in [5.41, 5.74) is 0.242. The molecule has 138 valence electrons. The van der Waals surface area contributed by atoms with E-state index in [2.05, 4.69) is 0 Å². The van der Waals surface area contributed by atoms with Crippen molar-refractivity contribution in [2.24, 2.45) is 0 Å². The van der Waals surface area contributed by atoms with Crippen LogP contribution in [0.3, 0.4) is 0 Å². The van der Waals surface area contributed by atoms with Gasteiger partial charge in [0, 0.05) is 12.1 Å². The van der Waals surface area contributed by atoms with Crippen LogP contribution in [0.4, 0.5) is 0 Å². The number of carbonyl (C=O) groups excluding carboxylic acids is 1. The van der Waals surface area contributed by atoms with Crippen LogP contribution < -0.4 is 9.47 Å². The molecule has 1 N–H and O–H groups in total. The van der Waals surface area contributed by atoms with Gasteiger partial charge < -0.3 is 19.5 Å². The van der Waals surface area contributed by atoms with Crippen molar-refractivity contribution in [1.82, 2.24) is 4.90 Å². The number of hydrogen-bond acceptors (Lipinski definition) is 4. The zero-order chi connectivity index (χ0) is 18.7. The van der Waals surface area contributed by atoms with E-state index in [1.807, 2.05) is 24.3 Å². The Balaban J connectivity index is 1.84. The predicted octanol–water partition coefficient (Wildman–Crippen LogP) is 3.22. The Bertz CT molecular complexity index is 753. The largest absolute Gasteiger partial charge is 0.497 e. The number of nitrogens with zero attached hydrogens (tertiary/aromatic N) is 1. The molecule has 2 atom stereocenters. The SMILES string of the molecule is COc1ccc(C(=O)N2CCC[C@@H]2[C@@](C)(O)c2ccc(OC)cc2)cc1. The summed E-state index contributed by atoms with van der Waals surface area (Å²) in [6.07, 6.45) is 1.64. The van der Waals surface area contributed by atoms with Gasteiger partial charge in [0.25, 0.3) is 5.91 Å². The second kappa shape index (κ2) is 7.38. The minimum atomic E-state index is -1.13. The number of carbonyl (C=O) groups is 1. The molecule has 26 heavy (non-hydrogen) atoms. The maximum atomic E-state index is 13.0. The van der Waals surface area contributed by atoms with Gasteiger partial charge in [-0.3, -0.25) is 4.79 Å². The lowest BCUT2D eigenvalue weighted by molar-refractivity contribution is -0.0177. The molecule has 1 amide bonds. The van der Waals surface area contributed by atoms with Crippen LogP contribution in [0.25, 0.3) is 0 Å². The van der Waals surface area contributed by atoms with Crippen LogP contribution in [0.1, 0.15) is 35.7 Å². The van der Waals surface area contributed by atoms with E-state index in [9.17, 15) is 9.90 Å². The normalized spacial score (nSPS) is 19.1. The fourth-order valence-corrected chi connectivity index (χ4v) is 3.61. The molecule has 5 heteroatoms. The maximum Gasteiger partial charge on any atom is 0.254 e. The van der Waals surface area contributed by atoms with Gasteiger partial charge in [0.2, 0.25) is 0 Å².